The Bertz CT molecular complexity index is 1200. The molecule has 3 aromatic carbocycles. The molecule has 2 unspecified atom stereocenters. The van der Waals surface area contributed by atoms with Crippen LogP contribution in [0.25, 0.3) is 0 Å². The minimum Gasteiger partial charge on any atom is -0.508 e. The molecule has 1 N–H and O–H groups in total. The number of aryl methyl sites for hydroxylation is 1. The van der Waals surface area contributed by atoms with Crippen molar-refractivity contribution in [2.75, 3.05) is 37.6 Å². The predicted molar refractivity (Wildman–Crippen MR) is 145 cm³/mol. The molecule has 0 aromatic heterocycles. The van der Waals surface area contributed by atoms with Gasteiger partial charge in [0, 0.05) is 24.7 Å². The molecular weight excluding hydrogens is 444 g/mol. The Kier molecular flexibility index (Phi) is 6.30. The summed E-state index contributed by atoms with van der Waals surface area (Å²) >= 11 is 0. The summed E-state index contributed by atoms with van der Waals surface area (Å²) in [6.07, 6.45) is 6.76. The molecule has 0 amide bonds. The molecule has 3 aliphatic rings. The third-order valence-corrected chi connectivity index (χ3v) is 9.12. The van der Waals surface area contributed by atoms with Crippen molar-refractivity contribution in [1.82, 2.24) is 4.90 Å². The summed E-state index contributed by atoms with van der Waals surface area (Å²) < 4.78 is 0. The number of rotatable bonds is 5. The number of aldehydes is 1. The van der Waals surface area contributed by atoms with Crippen LogP contribution in [0.15, 0.2) is 72.8 Å². The number of aromatic hydroxyl groups is 1. The average Bonchev–Trinajstić information content (AvgIpc) is 3.33. The molecule has 2 fully saturated rings. The number of phenols is 1. The molecule has 2 heterocycles. The van der Waals surface area contributed by atoms with E-state index in [0.717, 1.165) is 45.3 Å². The Morgan fingerprint density at radius 3 is 2.39 bits per heavy atom. The van der Waals surface area contributed by atoms with Gasteiger partial charge in [-0.3, -0.25) is 4.90 Å². The highest BCUT2D eigenvalue weighted by Crippen LogP contribution is 2.47. The van der Waals surface area contributed by atoms with E-state index in [4.69, 9.17) is 0 Å². The minimum absolute atomic E-state index is 0.290. The van der Waals surface area contributed by atoms with Crippen molar-refractivity contribution in [3.63, 3.8) is 0 Å². The minimum atomic E-state index is 0.290. The molecule has 4 heteroatoms. The Balaban J connectivity index is 1.24. The van der Waals surface area contributed by atoms with Gasteiger partial charge in [-0.05, 0) is 103 Å². The van der Waals surface area contributed by atoms with Crippen molar-refractivity contribution in [2.45, 2.75) is 43.9 Å². The molecule has 1 aliphatic carbocycles. The van der Waals surface area contributed by atoms with Gasteiger partial charge in [-0.15, -0.1) is 0 Å². The molecule has 4 nitrogen and oxygen atoms in total. The molecule has 2 atom stereocenters. The number of fused-ring (bicyclic) bond motifs is 1. The Morgan fingerprint density at radius 1 is 0.889 bits per heavy atom. The number of hydrogen-bond acceptors (Lipinski definition) is 4. The summed E-state index contributed by atoms with van der Waals surface area (Å²) in [6, 6.07) is 26.2. The van der Waals surface area contributed by atoms with Crippen molar-refractivity contribution in [2.24, 2.45) is 5.41 Å². The Morgan fingerprint density at radius 2 is 1.64 bits per heavy atom. The first-order valence-electron chi connectivity index (χ1n) is 13.5. The van der Waals surface area contributed by atoms with Crippen LogP contribution in [0.3, 0.4) is 0 Å². The van der Waals surface area contributed by atoms with E-state index in [0.29, 0.717) is 23.6 Å². The van der Waals surface area contributed by atoms with Crippen molar-refractivity contribution in [3.8, 4) is 5.75 Å². The maximum absolute atomic E-state index is 10.9. The quantitative estimate of drug-likeness (QED) is 0.473. The largest absolute Gasteiger partial charge is 0.508 e. The zero-order valence-corrected chi connectivity index (χ0v) is 21.0. The second-order valence-electron chi connectivity index (χ2n) is 11.1. The number of piperidine rings is 1. The lowest BCUT2D eigenvalue weighted by atomic mass is 9.69. The fourth-order valence-electron chi connectivity index (χ4n) is 7.05. The van der Waals surface area contributed by atoms with Crippen LogP contribution in [0.2, 0.25) is 0 Å². The van der Waals surface area contributed by atoms with E-state index >= 15 is 0 Å². The molecule has 0 radical (unpaired) electrons. The zero-order valence-electron chi connectivity index (χ0n) is 21.0. The van der Waals surface area contributed by atoms with Gasteiger partial charge in [0.1, 0.15) is 12.0 Å². The van der Waals surface area contributed by atoms with Crippen LogP contribution in [0.1, 0.15) is 59.8 Å². The SMILES string of the molecule is O=CCN1CCC2(CC1)CCN(c1ccc(C3c4ccc(O)cc4CCC3c3ccccc3)cc1)C2. The van der Waals surface area contributed by atoms with Crippen LogP contribution >= 0.6 is 0 Å². The van der Waals surface area contributed by atoms with Gasteiger partial charge < -0.3 is 14.8 Å². The van der Waals surface area contributed by atoms with Gasteiger partial charge in [0.05, 0.1) is 6.54 Å². The molecule has 1 spiro atoms. The lowest BCUT2D eigenvalue weighted by Gasteiger charge is -2.38. The van der Waals surface area contributed by atoms with Crippen LogP contribution in [0, 0.1) is 5.41 Å². The lowest BCUT2D eigenvalue weighted by molar-refractivity contribution is -0.109. The molecule has 2 saturated heterocycles. The first-order chi connectivity index (χ1) is 17.6. The van der Waals surface area contributed by atoms with Crippen LogP contribution < -0.4 is 4.90 Å². The van der Waals surface area contributed by atoms with Crippen molar-refractivity contribution in [1.29, 1.82) is 0 Å². The van der Waals surface area contributed by atoms with Crippen LogP contribution in [0.4, 0.5) is 5.69 Å². The van der Waals surface area contributed by atoms with Crippen LogP contribution in [-0.4, -0.2) is 49.0 Å². The van der Waals surface area contributed by atoms with Crippen LogP contribution in [-0.2, 0) is 11.2 Å². The maximum atomic E-state index is 10.9. The third kappa shape index (κ3) is 4.43. The Hall–Kier alpha value is -3.11. The molecule has 36 heavy (non-hydrogen) atoms. The highest BCUT2D eigenvalue weighted by Gasteiger charge is 2.40. The molecule has 6 rings (SSSR count). The van der Waals surface area contributed by atoms with Gasteiger partial charge in [0.15, 0.2) is 0 Å². The van der Waals surface area contributed by atoms with Gasteiger partial charge in [-0.2, -0.15) is 0 Å². The highest BCUT2D eigenvalue weighted by atomic mass is 16.3. The topological polar surface area (TPSA) is 43.8 Å². The van der Waals surface area contributed by atoms with E-state index < -0.39 is 0 Å². The number of hydrogen-bond donors (Lipinski definition) is 1. The summed E-state index contributed by atoms with van der Waals surface area (Å²) in [7, 11) is 0. The second kappa shape index (κ2) is 9.74. The van der Waals surface area contributed by atoms with Crippen molar-refractivity contribution < 1.29 is 9.90 Å². The van der Waals surface area contributed by atoms with E-state index in [9.17, 15) is 9.90 Å². The number of nitrogens with zero attached hydrogens (tertiary/aromatic N) is 2. The number of benzene rings is 3. The van der Waals surface area contributed by atoms with Crippen molar-refractivity contribution >= 4 is 12.0 Å². The number of carbonyl (C=O) groups excluding carboxylic acids is 1. The summed E-state index contributed by atoms with van der Waals surface area (Å²) in [5.41, 5.74) is 7.11. The van der Waals surface area contributed by atoms with Gasteiger partial charge >= 0.3 is 0 Å². The monoisotopic (exact) mass is 480 g/mol. The van der Waals surface area contributed by atoms with Gasteiger partial charge in [-0.25, -0.2) is 0 Å². The maximum Gasteiger partial charge on any atom is 0.133 e. The van der Waals surface area contributed by atoms with Gasteiger partial charge in [0.25, 0.3) is 0 Å². The smallest absolute Gasteiger partial charge is 0.133 e. The standard InChI is InChI=1S/C32H36N2O2/c35-21-20-33-17-14-32(15-18-33)16-19-34(23-32)27-9-6-25(7-10-27)31-29(24-4-2-1-3-5-24)12-8-26-22-28(36)11-13-30(26)31/h1-7,9-11,13,21-22,29,31,36H,8,12,14-20,23H2. The molecule has 0 saturated carbocycles. The lowest BCUT2D eigenvalue weighted by Crippen LogP contribution is -2.42. The summed E-state index contributed by atoms with van der Waals surface area (Å²) in [5.74, 6) is 1.08. The average molecular weight is 481 g/mol. The molecule has 2 aliphatic heterocycles. The van der Waals surface area contributed by atoms with E-state index in [1.165, 1.54) is 47.2 Å². The highest BCUT2D eigenvalue weighted by molar-refractivity contribution is 5.54. The van der Waals surface area contributed by atoms with Crippen molar-refractivity contribution in [3.05, 3.63) is 95.1 Å². The van der Waals surface area contributed by atoms with E-state index in [1.54, 1.807) is 0 Å². The first kappa shape index (κ1) is 23.3. The molecule has 0 bridgehead atoms. The van der Waals surface area contributed by atoms with E-state index in [-0.39, 0.29) is 5.92 Å². The summed E-state index contributed by atoms with van der Waals surface area (Å²) in [5, 5.41) is 10.1. The normalized spacial score (nSPS) is 23.5. The number of likely N-dealkylation sites (tertiary alicyclic amines) is 1. The Labute approximate surface area is 214 Å². The summed E-state index contributed by atoms with van der Waals surface area (Å²) in [6.45, 7) is 4.91. The first-order valence-corrected chi connectivity index (χ1v) is 13.5. The third-order valence-electron chi connectivity index (χ3n) is 9.12. The number of phenolic OH excluding ortho intramolecular Hbond substituents is 1. The fraction of sp³-hybridized carbons (Fsp3) is 0.406. The number of anilines is 1. The van der Waals surface area contributed by atoms with Crippen LogP contribution in [0.5, 0.6) is 5.75 Å². The van der Waals surface area contributed by atoms with E-state index in [1.807, 2.05) is 12.1 Å². The fourth-order valence-corrected chi connectivity index (χ4v) is 7.05. The molecular formula is C32H36N2O2. The van der Waals surface area contributed by atoms with Gasteiger partial charge in [-0.1, -0.05) is 48.5 Å². The molecule has 3 aromatic rings. The van der Waals surface area contributed by atoms with Gasteiger partial charge in [0.2, 0.25) is 0 Å². The second-order valence-corrected chi connectivity index (χ2v) is 11.1. The predicted octanol–water partition coefficient (Wildman–Crippen LogP) is 5.75. The summed E-state index contributed by atoms with van der Waals surface area (Å²) in [4.78, 5) is 15.8. The zero-order chi connectivity index (χ0) is 24.5. The number of carbonyl (C=O) groups is 1. The molecule has 186 valence electrons. The van der Waals surface area contributed by atoms with E-state index in [2.05, 4.69) is 70.5 Å².